The monoisotopic (exact) mass is 364 g/mol. The standard InChI is InChI=1S/C26H52/c1-16-13-12-14-17(2)21(6)24(9)26(11)25(10)23(8)19(4)15-18(3)22(7)20(16)5/h16-26H,12-15H2,1-11H3. The Bertz CT molecular complexity index is 385. The minimum atomic E-state index is 0.818. The van der Waals surface area contributed by atoms with Crippen LogP contribution in [0.25, 0.3) is 0 Å². The molecule has 1 aliphatic rings. The van der Waals surface area contributed by atoms with Crippen molar-refractivity contribution in [3.63, 3.8) is 0 Å². The van der Waals surface area contributed by atoms with E-state index in [0.717, 1.165) is 65.1 Å². The summed E-state index contributed by atoms with van der Waals surface area (Å²) in [6.45, 7) is 27.8. The fourth-order valence-electron chi connectivity index (χ4n) is 5.81. The van der Waals surface area contributed by atoms with E-state index >= 15 is 0 Å². The van der Waals surface area contributed by atoms with Gasteiger partial charge in [0.1, 0.15) is 0 Å². The van der Waals surface area contributed by atoms with Gasteiger partial charge in [-0.3, -0.25) is 0 Å². The Morgan fingerprint density at radius 3 is 1.04 bits per heavy atom. The summed E-state index contributed by atoms with van der Waals surface area (Å²) < 4.78 is 0. The van der Waals surface area contributed by atoms with Gasteiger partial charge in [-0.05, 0) is 71.5 Å². The maximum atomic E-state index is 2.54. The predicted molar refractivity (Wildman–Crippen MR) is 119 cm³/mol. The highest BCUT2D eigenvalue weighted by atomic mass is 14.4. The van der Waals surface area contributed by atoms with Crippen molar-refractivity contribution in [1.29, 1.82) is 0 Å². The second kappa shape index (κ2) is 10.5. The third-order valence-corrected chi connectivity index (χ3v) is 9.80. The lowest BCUT2D eigenvalue weighted by atomic mass is 9.67. The fourth-order valence-corrected chi connectivity index (χ4v) is 5.81. The third-order valence-electron chi connectivity index (χ3n) is 9.80. The highest BCUT2D eigenvalue weighted by molar-refractivity contribution is 4.82. The fraction of sp³-hybridized carbons (Fsp3) is 1.00. The Labute approximate surface area is 167 Å². The molecule has 1 rings (SSSR count). The van der Waals surface area contributed by atoms with Crippen molar-refractivity contribution in [1.82, 2.24) is 0 Å². The van der Waals surface area contributed by atoms with E-state index in [1.54, 1.807) is 0 Å². The summed E-state index contributed by atoms with van der Waals surface area (Å²) in [5, 5.41) is 0. The lowest BCUT2D eigenvalue weighted by Crippen LogP contribution is -2.32. The SMILES string of the molecule is CC1CCCC(C)C(C)C(C)C(C)C(C)C(C)C(C)CC(C)C(C)C1C. The van der Waals surface area contributed by atoms with Crippen molar-refractivity contribution in [2.75, 3.05) is 0 Å². The summed E-state index contributed by atoms with van der Waals surface area (Å²) in [6, 6.07) is 0. The highest BCUT2D eigenvalue weighted by Gasteiger charge is 2.33. The molecule has 1 fully saturated rings. The van der Waals surface area contributed by atoms with E-state index in [-0.39, 0.29) is 0 Å². The van der Waals surface area contributed by atoms with E-state index in [1.165, 1.54) is 25.7 Å². The predicted octanol–water partition coefficient (Wildman–Crippen LogP) is 8.56. The van der Waals surface area contributed by atoms with Crippen molar-refractivity contribution in [2.24, 2.45) is 65.1 Å². The number of hydrogen-bond donors (Lipinski definition) is 0. The van der Waals surface area contributed by atoms with Crippen molar-refractivity contribution >= 4 is 0 Å². The molecule has 0 radical (unpaired) electrons. The second-order valence-electron chi connectivity index (χ2n) is 11.1. The normalized spacial score (nSPS) is 50.7. The topological polar surface area (TPSA) is 0 Å². The molecular weight excluding hydrogens is 312 g/mol. The summed E-state index contributed by atoms with van der Waals surface area (Å²) in [5.41, 5.74) is 0. The van der Waals surface area contributed by atoms with Crippen molar-refractivity contribution in [2.45, 2.75) is 102 Å². The van der Waals surface area contributed by atoms with Crippen LogP contribution in [-0.2, 0) is 0 Å². The van der Waals surface area contributed by atoms with Crippen molar-refractivity contribution in [3.8, 4) is 0 Å². The first-order valence-electron chi connectivity index (χ1n) is 12.0. The van der Waals surface area contributed by atoms with Gasteiger partial charge in [0.15, 0.2) is 0 Å². The summed E-state index contributed by atoms with van der Waals surface area (Å²) in [5.74, 6) is 9.21. The maximum absolute atomic E-state index is 2.54. The molecule has 0 aromatic heterocycles. The van der Waals surface area contributed by atoms with Crippen LogP contribution >= 0.6 is 0 Å². The van der Waals surface area contributed by atoms with Crippen LogP contribution in [0.5, 0.6) is 0 Å². The summed E-state index contributed by atoms with van der Waals surface area (Å²) in [7, 11) is 0. The van der Waals surface area contributed by atoms with Crippen molar-refractivity contribution in [3.05, 3.63) is 0 Å². The molecule has 0 heteroatoms. The molecule has 0 aliphatic heterocycles. The molecule has 0 N–H and O–H groups in total. The van der Waals surface area contributed by atoms with Crippen molar-refractivity contribution < 1.29 is 0 Å². The van der Waals surface area contributed by atoms with E-state index in [2.05, 4.69) is 76.2 Å². The minimum Gasteiger partial charge on any atom is -0.0622 e. The third kappa shape index (κ3) is 6.00. The van der Waals surface area contributed by atoms with Crippen LogP contribution in [0.1, 0.15) is 102 Å². The van der Waals surface area contributed by atoms with E-state index in [9.17, 15) is 0 Å². The zero-order chi connectivity index (χ0) is 20.2. The molecule has 1 saturated carbocycles. The molecule has 1 aliphatic carbocycles. The smallest absolute Gasteiger partial charge is 0.0386 e. The zero-order valence-corrected chi connectivity index (χ0v) is 20.2. The number of hydrogen-bond acceptors (Lipinski definition) is 0. The molecule has 0 nitrogen and oxygen atoms in total. The van der Waals surface area contributed by atoms with Gasteiger partial charge in [0.2, 0.25) is 0 Å². The van der Waals surface area contributed by atoms with Gasteiger partial charge < -0.3 is 0 Å². The van der Waals surface area contributed by atoms with Gasteiger partial charge in [-0.15, -0.1) is 0 Å². The molecule has 0 heterocycles. The highest BCUT2D eigenvalue weighted by Crippen LogP contribution is 2.41. The lowest BCUT2D eigenvalue weighted by molar-refractivity contribution is 0.104. The Kier molecular flexibility index (Phi) is 9.73. The van der Waals surface area contributed by atoms with Gasteiger partial charge in [0.05, 0.1) is 0 Å². The number of rotatable bonds is 0. The molecule has 156 valence electrons. The van der Waals surface area contributed by atoms with Crippen LogP contribution < -0.4 is 0 Å². The van der Waals surface area contributed by atoms with E-state index in [0.29, 0.717) is 0 Å². The Morgan fingerprint density at radius 2 is 0.615 bits per heavy atom. The first-order chi connectivity index (χ1) is 12.0. The second-order valence-corrected chi connectivity index (χ2v) is 11.1. The van der Waals surface area contributed by atoms with Crippen LogP contribution in [0, 0.1) is 65.1 Å². The first kappa shape index (κ1) is 24.0. The summed E-state index contributed by atoms with van der Waals surface area (Å²) in [6.07, 6.45) is 5.65. The Morgan fingerprint density at radius 1 is 0.346 bits per heavy atom. The molecule has 0 amide bonds. The van der Waals surface area contributed by atoms with Crippen LogP contribution in [0.4, 0.5) is 0 Å². The molecular formula is C26H52. The average molecular weight is 365 g/mol. The van der Waals surface area contributed by atoms with E-state index in [4.69, 9.17) is 0 Å². The Balaban J connectivity index is 3.02. The average Bonchev–Trinajstić information content (AvgIpc) is 2.62. The van der Waals surface area contributed by atoms with Gasteiger partial charge in [-0.2, -0.15) is 0 Å². The van der Waals surface area contributed by atoms with E-state index < -0.39 is 0 Å². The molecule has 11 unspecified atom stereocenters. The van der Waals surface area contributed by atoms with Crippen LogP contribution in [-0.4, -0.2) is 0 Å². The molecule has 0 saturated heterocycles. The molecule has 0 spiro atoms. The Hall–Kier alpha value is 0. The van der Waals surface area contributed by atoms with Crippen LogP contribution in [0.2, 0.25) is 0 Å². The molecule has 0 aromatic rings. The molecule has 26 heavy (non-hydrogen) atoms. The largest absolute Gasteiger partial charge is 0.0622 e. The molecule has 11 atom stereocenters. The van der Waals surface area contributed by atoms with Crippen LogP contribution in [0.15, 0.2) is 0 Å². The van der Waals surface area contributed by atoms with Crippen LogP contribution in [0.3, 0.4) is 0 Å². The maximum Gasteiger partial charge on any atom is -0.0386 e. The quantitative estimate of drug-likeness (QED) is 0.404. The van der Waals surface area contributed by atoms with Gasteiger partial charge in [-0.25, -0.2) is 0 Å². The first-order valence-corrected chi connectivity index (χ1v) is 12.0. The summed E-state index contributed by atoms with van der Waals surface area (Å²) in [4.78, 5) is 0. The molecule has 0 aromatic carbocycles. The van der Waals surface area contributed by atoms with Gasteiger partial charge >= 0.3 is 0 Å². The van der Waals surface area contributed by atoms with E-state index in [1.807, 2.05) is 0 Å². The van der Waals surface area contributed by atoms with Gasteiger partial charge in [-0.1, -0.05) is 95.4 Å². The minimum absolute atomic E-state index is 0.818. The zero-order valence-electron chi connectivity index (χ0n) is 20.2. The van der Waals surface area contributed by atoms with Gasteiger partial charge in [0.25, 0.3) is 0 Å². The molecule has 0 bridgehead atoms. The lowest BCUT2D eigenvalue weighted by Gasteiger charge is -2.39. The van der Waals surface area contributed by atoms with Gasteiger partial charge in [0, 0.05) is 0 Å². The summed E-state index contributed by atoms with van der Waals surface area (Å²) >= 11 is 0.